The third kappa shape index (κ3) is 4.06. The first kappa shape index (κ1) is 20.1. The summed E-state index contributed by atoms with van der Waals surface area (Å²) in [6.45, 7) is 5.44. The lowest BCUT2D eigenvalue weighted by atomic mass is 9.95. The van der Waals surface area contributed by atoms with E-state index in [1.807, 2.05) is 36.2 Å². The average molecular weight is 406 g/mol. The van der Waals surface area contributed by atoms with Gasteiger partial charge >= 0.3 is 0 Å². The van der Waals surface area contributed by atoms with E-state index in [1.54, 1.807) is 10.7 Å². The molecule has 1 N–H and O–H groups in total. The molecule has 156 valence electrons. The predicted molar refractivity (Wildman–Crippen MR) is 116 cm³/mol. The molecule has 2 aromatic carbocycles. The smallest absolute Gasteiger partial charge is 0.253 e. The molecule has 30 heavy (non-hydrogen) atoms. The van der Waals surface area contributed by atoms with Crippen LogP contribution in [0.5, 0.6) is 0 Å². The third-order valence-corrected chi connectivity index (χ3v) is 5.86. The number of piperidine rings is 1. The summed E-state index contributed by atoms with van der Waals surface area (Å²) < 4.78 is 1.68. The number of aromatic nitrogens is 3. The first-order valence-electron chi connectivity index (χ1n) is 10.4. The molecule has 1 aliphatic rings. The molecule has 0 bridgehead atoms. The van der Waals surface area contributed by atoms with Crippen LogP contribution in [0.3, 0.4) is 0 Å². The quantitative estimate of drug-likeness (QED) is 0.719. The minimum Gasteiger partial charge on any atom is -0.339 e. The van der Waals surface area contributed by atoms with Crippen molar-refractivity contribution in [1.29, 1.82) is 0 Å². The van der Waals surface area contributed by atoms with Crippen LogP contribution in [0, 0.1) is 5.92 Å². The molecule has 7 heteroatoms. The number of carbonyl (C=O) groups excluding carboxylic acids is 2. The van der Waals surface area contributed by atoms with Gasteiger partial charge < -0.3 is 10.2 Å². The summed E-state index contributed by atoms with van der Waals surface area (Å²) in [6, 6.07) is 13.5. The Morgan fingerprint density at radius 2 is 1.77 bits per heavy atom. The van der Waals surface area contributed by atoms with Crippen LogP contribution in [0.1, 0.15) is 48.5 Å². The van der Waals surface area contributed by atoms with E-state index in [9.17, 15) is 9.59 Å². The Labute approximate surface area is 176 Å². The highest BCUT2D eigenvalue weighted by atomic mass is 16.2. The van der Waals surface area contributed by atoms with Crippen LogP contribution in [-0.4, -0.2) is 44.8 Å². The molecule has 3 aromatic rings. The van der Waals surface area contributed by atoms with E-state index in [4.69, 9.17) is 0 Å². The summed E-state index contributed by atoms with van der Waals surface area (Å²) in [4.78, 5) is 27.3. The molecule has 2 heterocycles. The van der Waals surface area contributed by atoms with Crippen molar-refractivity contribution in [3.8, 4) is 0 Å². The number of carbonyl (C=O) groups is 2. The first-order valence-corrected chi connectivity index (χ1v) is 10.4. The van der Waals surface area contributed by atoms with Gasteiger partial charge in [0.05, 0.1) is 5.52 Å². The minimum atomic E-state index is -0.0821. The fourth-order valence-corrected chi connectivity index (χ4v) is 3.90. The maximum Gasteiger partial charge on any atom is 0.253 e. The van der Waals surface area contributed by atoms with Gasteiger partial charge in [-0.3, -0.25) is 9.59 Å². The van der Waals surface area contributed by atoms with Gasteiger partial charge in [-0.1, -0.05) is 31.2 Å². The van der Waals surface area contributed by atoms with E-state index in [2.05, 4.69) is 41.6 Å². The molecule has 0 spiro atoms. The van der Waals surface area contributed by atoms with Crippen molar-refractivity contribution in [1.82, 2.24) is 19.9 Å². The molecule has 1 aliphatic heterocycles. The van der Waals surface area contributed by atoms with Crippen molar-refractivity contribution in [2.24, 2.45) is 13.0 Å². The highest BCUT2D eigenvalue weighted by molar-refractivity contribution is 5.97. The number of amides is 2. The molecule has 0 unspecified atom stereocenters. The summed E-state index contributed by atoms with van der Waals surface area (Å²) in [5.74, 6) is 0.388. The largest absolute Gasteiger partial charge is 0.339 e. The minimum absolute atomic E-state index is 0.0225. The van der Waals surface area contributed by atoms with Crippen LogP contribution in [0.4, 0.5) is 5.69 Å². The third-order valence-electron chi connectivity index (χ3n) is 5.86. The van der Waals surface area contributed by atoms with Crippen LogP contribution in [0.25, 0.3) is 11.0 Å². The topological polar surface area (TPSA) is 80.1 Å². The number of likely N-dealkylation sites (tertiary alicyclic amines) is 1. The van der Waals surface area contributed by atoms with E-state index in [0.717, 1.165) is 11.2 Å². The molecule has 4 rings (SSSR count). The lowest BCUT2D eigenvalue weighted by Crippen LogP contribution is -2.41. The number of fused-ring (bicyclic) bond motifs is 1. The molecule has 0 atom stereocenters. The van der Waals surface area contributed by atoms with Crippen LogP contribution in [0.15, 0.2) is 42.5 Å². The van der Waals surface area contributed by atoms with E-state index in [1.165, 1.54) is 5.56 Å². The molecule has 0 saturated carbocycles. The molecular formula is C23H27N5O2. The maximum absolute atomic E-state index is 12.9. The van der Waals surface area contributed by atoms with Gasteiger partial charge in [0.25, 0.3) is 5.91 Å². The summed E-state index contributed by atoms with van der Waals surface area (Å²) in [6.07, 6.45) is 1.32. The Balaban J connectivity index is 1.34. The number of nitrogens with zero attached hydrogens (tertiary/aromatic N) is 4. The SMILES string of the molecule is CC(C)c1ccc(NC(=O)C2CCN(C(=O)c3ccc4c(c3)nnn4C)CC2)cc1. The van der Waals surface area contributed by atoms with Crippen molar-refractivity contribution in [3.63, 3.8) is 0 Å². The molecule has 0 radical (unpaired) electrons. The van der Waals surface area contributed by atoms with Gasteiger partial charge in [-0.05, 0) is 54.7 Å². The van der Waals surface area contributed by atoms with Crippen LogP contribution in [-0.2, 0) is 11.8 Å². The Morgan fingerprint density at radius 3 is 2.43 bits per heavy atom. The van der Waals surface area contributed by atoms with Gasteiger partial charge in [-0.15, -0.1) is 5.10 Å². The number of aryl methyl sites for hydroxylation is 1. The number of hydrogen-bond donors (Lipinski definition) is 1. The van der Waals surface area contributed by atoms with Crippen LogP contribution < -0.4 is 5.32 Å². The normalized spacial score (nSPS) is 15.0. The zero-order valence-electron chi connectivity index (χ0n) is 17.6. The average Bonchev–Trinajstić information content (AvgIpc) is 3.14. The zero-order chi connectivity index (χ0) is 21.3. The first-order chi connectivity index (χ1) is 14.4. The maximum atomic E-state index is 12.9. The lowest BCUT2D eigenvalue weighted by molar-refractivity contribution is -0.121. The molecule has 2 amide bonds. The highest BCUT2D eigenvalue weighted by Crippen LogP contribution is 2.23. The Kier molecular flexibility index (Phi) is 5.53. The predicted octanol–water partition coefficient (Wildman–Crippen LogP) is 3.58. The summed E-state index contributed by atoms with van der Waals surface area (Å²) >= 11 is 0. The number of rotatable bonds is 4. The number of benzene rings is 2. The van der Waals surface area contributed by atoms with E-state index >= 15 is 0 Å². The molecule has 0 aliphatic carbocycles. The van der Waals surface area contributed by atoms with E-state index in [-0.39, 0.29) is 17.7 Å². The molecule has 1 fully saturated rings. The second-order valence-electron chi connectivity index (χ2n) is 8.25. The summed E-state index contributed by atoms with van der Waals surface area (Å²) in [5, 5.41) is 11.1. The second-order valence-corrected chi connectivity index (χ2v) is 8.25. The monoisotopic (exact) mass is 405 g/mol. The molecular weight excluding hydrogens is 378 g/mol. The molecule has 1 saturated heterocycles. The zero-order valence-corrected chi connectivity index (χ0v) is 17.6. The summed E-state index contributed by atoms with van der Waals surface area (Å²) in [7, 11) is 1.82. The van der Waals surface area contributed by atoms with Crippen molar-refractivity contribution < 1.29 is 9.59 Å². The molecule has 7 nitrogen and oxygen atoms in total. The van der Waals surface area contributed by atoms with E-state index < -0.39 is 0 Å². The van der Waals surface area contributed by atoms with Gasteiger partial charge in [-0.25, -0.2) is 4.68 Å². The van der Waals surface area contributed by atoms with Crippen molar-refractivity contribution in [3.05, 3.63) is 53.6 Å². The van der Waals surface area contributed by atoms with Crippen LogP contribution >= 0.6 is 0 Å². The van der Waals surface area contributed by atoms with Gasteiger partial charge in [0.1, 0.15) is 5.52 Å². The van der Waals surface area contributed by atoms with Gasteiger partial charge in [0.15, 0.2) is 0 Å². The lowest BCUT2D eigenvalue weighted by Gasteiger charge is -2.31. The highest BCUT2D eigenvalue weighted by Gasteiger charge is 2.28. The van der Waals surface area contributed by atoms with Crippen molar-refractivity contribution in [2.45, 2.75) is 32.6 Å². The van der Waals surface area contributed by atoms with Crippen molar-refractivity contribution >= 4 is 28.5 Å². The van der Waals surface area contributed by atoms with Crippen LogP contribution in [0.2, 0.25) is 0 Å². The van der Waals surface area contributed by atoms with Gasteiger partial charge in [-0.2, -0.15) is 0 Å². The van der Waals surface area contributed by atoms with Gasteiger partial charge in [0, 0.05) is 37.3 Å². The fraction of sp³-hybridized carbons (Fsp3) is 0.391. The fourth-order valence-electron chi connectivity index (χ4n) is 3.90. The number of anilines is 1. The standard InChI is InChI=1S/C23H27N5O2/c1-15(2)16-4-7-19(8-5-16)24-22(29)17-10-12-28(13-11-17)23(30)18-6-9-21-20(14-18)25-26-27(21)3/h4-9,14-15,17H,10-13H2,1-3H3,(H,24,29). The second kappa shape index (κ2) is 8.26. The Morgan fingerprint density at radius 1 is 1.07 bits per heavy atom. The van der Waals surface area contributed by atoms with Crippen molar-refractivity contribution in [2.75, 3.05) is 18.4 Å². The molecule has 1 aromatic heterocycles. The van der Waals surface area contributed by atoms with E-state index in [0.29, 0.717) is 42.9 Å². The Bertz CT molecular complexity index is 1060. The van der Waals surface area contributed by atoms with Gasteiger partial charge in [0.2, 0.25) is 5.91 Å². The Hall–Kier alpha value is -3.22. The summed E-state index contributed by atoms with van der Waals surface area (Å²) in [5.41, 5.74) is 4.28. The number of nitrogens with one attached hydrogen (secondary N) is 1. The number of hydrogen-bond acceptors (Lipinski definition) is 4.